The predicted octanol–water partition coefficient (Wildman–Crippen LogP) is 1.30. The lowest BCUT2D eigenvalue weighted by Gasteiger charge is -2.28. The Balaban J connectivity index is 2.50. The maximum Gasteiger partial charge on any atom is 0.281 e. The smallest absolute Gasteiger partial charge is 0.195 e. The van der Waals surface area contributed by atoms with Gasteiger partial charge in [0.2, 0.25) is 0 Å². The molecule has 0 saturated heterocycles. The van der Waals surface area contributed by atoms with Crippen molar-refractivity contribution in [1.29, 1.82) is 0 Å². The van der Waals surface area contributed by atoms with E-state index in [-0.39, 0.29) is 0 Å². The van der Waals surface area contributed by atoms with E-state index in [0.717, 1.165) is 0 Å². The van der Waals surface area contributed by atoms with Crippen LogP contribution in [0.25, 0.3) is 0 Å². The van der Waals surface area contributed by atoms with Crippen LogP contribution in [0.2, 0.25) is 0 Å². The van der Waals surface area contributed by atoms with Gasteiger partial charge in [0.25, 0.3) is 10.2 Å². The molecule has 4 nitrogen and oxygen atoms in total. The second-order valence-corrected chi connectivity index (χ2v) is 6.82. The molecule has 1 saturated carbocycles. The number of nitrogens with zero attached hydrogens (tertiary/aromatic N) is 2. The standard InChI is InChI=1S/C10H22N2O2S/c1-11(2)15(13,14)12(3)9-10-7-5-4-6-8-10/h10H,4-9H2,1-3H3. The Morgan fingerprint density at radius 3 is 2.07 bits per heavy atom. The summed E-state index contributed by atoms with van der Waals surface area (Å²) >= 11 is 0. The highest BCUT2D eigenvalue weighted by molar-refractivity contribution is 7.86. The number of hydrogen-bond acceptors (Lipinski definition) is 2. The first-order chi connectivity index (χ1) is 6.94. The maximum atomic E-state index is 11.8. The van der Waals surface area contributed by atoms with E-state index in [1.807, 2.05) is 0 Å². The largest absolute Gasteiger partial charge is 0.281 e. The molecular formula is C10H22N2O2S. The lowest BCUT2D eigenvalue weighted by molar-refractivity contribution is 0.292. The minimum atomic E-state index is -3.21. The van der Waals surface area contributed by atoms with Crippen LogP contribution in [0, 0.1) is 5.92 Å². The predicted molar refractivity (Wildman–Crippen MR) is 61.8 cm³/mol. The fourth-order valence-corrected chi connectivity index (χ4v) is 3.06. The average molecular weight is 234 g/mol. The molecule has 0 aromatic carbocycles. The Kier molecular flexibility index (Phi) is 4.55. The molecular weight excluding hydrogens is 212 g/mol. The average Bonchev–Trinajstić information content (AvgIpc) is 2.18. The molecule has 1 fully saturated rings. The van der Waals surface area contributed by atoms with Crippen molar-refractivity contribution in [1.82, 2.24) is 8.61 Å². The zero-order chi connectivity index (χ0) is 11.5. The summed E-state index contributed by atoms with van der Waals surface area (Å²) in [6, 6.07) is 0. The Bertz CT molecular complexity index is 282. The van der Waals surface area contributed by atoms with Crippen LogP contribution < -0.4 is 0 Å². The van der Waals surface area contributed by atoms with Crippen LogP contribution in [0.4, 0.5) is 0 Å². The lowest BCUT2D eigenvalue weighted by Crippen LogP contribution is -2.40. The molecule has 0 N–H and O–H groups in total. The zero-order valence-electron chi connectivity index (χ0n) is 9.94. The van der Waals surface area contributed by atoms with E-state index in [1.54, 1.807) is 21.1 Å². The Morgan fingerprint density at radius 2 is 1.60 bits per heavy atom. The van der Waals surface area contributed by atoms with E-state index in [1.165, 1.54) is 40.7 Å². The molecule has 0 amide bonds. The van der Waals surface area contributed by atoms with Gasteiger partial charge in [0.15, 0.2) is 0 Å². The van der Waals surface area contributed by atoms with Gasteiger partial charge in [-0.05, 0) is 18.8 Å². The summed E-state index contributed by atoms with van der Waals surface area (Å²) in [7, 11) is 1.61. The summed E-state index contributed by atoms with van der Waals surface area (Å²) in [4.78, 5) is 0. The Morgan fingerprint density at radius 1 is 1.07 bits per heavy atom. The van der Waals surface area contributed by atoms with Gasteiger partial charge in [-0.2, -0.15) is 17.0 Å². The summed E-state index contributed by atoms with van der Waals surface area (Å²) in [6.45, 7) is 0.667. The summed E-state index contributed by atoms with van der Waals surface area (Å²) in [5.74, 6) is 0.554. The summed E-state index contributed by atoms with van der Waals surface area (Å²) < 4.78 is 26.3. The monoisotopic (exact) mass is 234 g/mol. The molecule has 0 unspecified atom stereocenters. The highest BCUT2D eigenvalue weighted by Gasteiger charge is 2.24. The summed E-state index contributed by atoms with van der Waals surface area (Å²) in [5, 5.41) is 0. The van der Waals surface area contributed by atoms with Crippen LogP contribution in [0.5, 0.6) is 0 Å². The first-order valence-electron chi connectivity index (χ1n) is 5.58. The first kappa shape index (κ1) is 12.9. The van der Waals surface area contributed by atoms with Gasteiger partial charge in [-0.3, -0.25) is 0 Å². The van der Waals surface area contributed by atoms with Gasteiger partial charge in [0.05, 0.1) is 0 Å². The molecule has 0 spiro atoms. The van der Waals surface area contributed by atoms with E-state index in [9.17, 15) is 8.42 Å². The van der Waals surface area contributed by atoms with Crippen molar-refractivity contribution < 1.29 is 8.42 Å². The van der Waals surface area contributed by atoms with Crippen molar-refractivity contribution in [2.24, 2.45) is 5.92 Å². The van der Waals surface area contributed by atoms with E-state index in [0.29, 0.717) is 12.5 Å². The zero-order valence-corrected chi connectivity index (χ0v) is 10.8. The molecule has 0 radical (unpaired) electrons. The Hall–Kier alpha value is -0.130. The molecule has 0 atom stereocenters. The highest BCUT2D eigenvalue weighted by atomic mass is 32.2. The van der Waals surface area contributed by atoms with Gasteiger partial charge in [-0.1, -0.05) is 19.3 Å². The summed E-state index contributed by atoms with van der Waals surface area (Å²) in [6.07, 6.45) is 6.16. The fraction of sp³-hybridized carbons (Fsp3) is 1.00. The van der Waals surface area contributed by atoms with E-state index in [4.69, 9.17) is 0 Å². The van der Waals surface area contributed by atoms with Crippen LogP contribution in [-0.4, -0.2) is 44.7 Å². The van der Waals surface area contributed by atoms with Crippen LogP contribution in [0.15, 0.2) is 0 Å². The van der Waals surface area contributed by atoms with E-state index in [2.05, 4.69) is 0 Å². The molecule has 1 aliphatic rings. The molecule has 0 heterocycles. The Labute approximate surface area is 93.4 Å². The molecule has 0 aromatic rings. The number of rotatable bonds is 4. The molecule has 5 heteroatoms. The molecule has 0 aliphatic heterocycles. The molecule has 0 bridgehead atoms. The fourth-order valence-electron chi connectivity index (χ4n) is 2.11. The van der Waals surface area contributed by atoms with Crippen LogP contribution >= 0.6 is 0 Å². The number of hydrogen-bond donors (Lipinski definition) is 0. The highest BCUT2D eigenvalue weighted by Crippen LogP contribution is 2.24. The van der Waals surface area contributed by atoms with Gasteiger partial charge in [0, 0.05) is 27.7 Å². The van der Waals surface area contributed by atoms with Gasteiger partial charge >= 0.3 is 0 Å². The third-order valence-corrected chi connectivity index (χ3v) is 4.96. The molecule has 90 valence electrons. The van der Waals surface area contributed by atoms with Gasteiger partial charge in [-0.15, -0.1) is 0 Å². The van der Waals surface area contributed by atoms with Crippen LogP contribution in [0.1, 0.15) is 32.1 Å². The van der Waals surface area contributed by atoms with Gasteiger partial charge in [0.1, 0.15) is 0 Å². The minimum absolute atomic E-state index is 0.554. The van der Waals surface area contributed by atoms with Crippen molar-refractivity contribution >= 4 is 10.2 Å². The maximum absolute atomic E-state index is 11.8. The normalized spacial score (nSPS) is 20.1. The van der Waals surface area contributed by atoms with Crippen LogP contribution in [-0.2, 0) is 10.2 Å². The van der Waals surface area contributed by atoms with Crippen molar-refractivity contribution in [2.45, 2.75) is 32.1 Å². The van der Waals surface area contributed by atoms with Gasteiger partial charge < -0.3 is 0 Å². The summed E-state index contributed by atoms with van der Waals surface area (Å²) in [5.41, 5.74) is 0. The lowest BCUT2D eigenvalue weighted by atomic mass is 9.89. The second-order valence-electron chi connectivity index (χ2n) is 4.57. The van der Waals surface area contributed by atoms with Crippen molar-refractivity contribution in [3.63, 3.8) is 0 Å². The van der Waals surface area contributed by atoms with E-state index < -0.39 is 10.2 Å². The quantitative estimate of drug-likeness (QED) is 0.736. The van der Waals surface area contributed by atoms with Crippen molar-refractivity contribution in [3.8, 4) is 0 Å². The van der Waals surface area contributed by atoms with Gasteiger partial charge in [-0.25, -0.2) is 0 Å². The third kappa shape index (κ3) is 3.43. The SMILES string of the molecule is CN(C)S(=O)(=O)N(C)CC1CCCCC1. The van der Waals surface area contributed by atoms with Crippen molar-refractivity contribution in [2.75, 3.05) is 27.7 Å². The molecule has 0 aromatic heterocycles. The van der Waals surface area contributed by atoms with E-state index >= 15 is 0 Å². The van der Waals surface area contributed by atoms with Crippen molar-refractivity contribution in [3.05, 3.63) is 0 Å². The molecule has 1 rings (SSSR count). The third-order valence-electron chi connectivity index (χ3n) is 3.10. The first-order valence-corrected chi connectivity index (χ1v) is 6.98. The minimum Gasteiger partial charge on any atom is -0.195 e. The molecule has 1 aliphatic carbocycles. The topological polar surface area (TPSA) is 40.6 Å². The molecule has 15 heavy (non-hydrogen) atoms. The second kappa shape index (κ2) is 5.27. The van der Waals surface area contributed by atoms with Crippen LogP contribution in [0.3, 0.4) is 0 Å².